The molecule has 1 aromatic rings. The fraction of sp³-hybridized carbons (Fsp3) is 0.625. The van der Waals surface area contributed by atoms with E-state index in [0.717, 1.165) is 0 Å². The molecule has 0 unspecified atom stereocenters. The quantitative estimate of drug-likeness (QED) is 0.740. The molecule has 0 amide bonds. The van der Waals surface area contributed by atoms with Gasteiger partial charge in [-0.3, -0.25) is 4.68 Å². The fourth-order valence-corrected chi connectivity index (χ4v) is 1.03. The predicted octanol–water partition coefficient (Wildman–Crippen LogP) is 1.43. The lowest BCUT2D eigenvalue weighted by Crippen LogP contribution is -2.29. The summed E-state index contributed by atoms with van der Waals surface area (Å²) in [4.78, 5) is 0. The van der Waals surface area contributed by atoms with Crippen molar-refractivity contribution >= 4 is 0 Å². The average molecular weight is 207 g/mol. The van der Waals surface area contributed by atoms with E-state index in [-0.39, 0.29) is 0 Å². The molecule has 0 atom stereocenters. The van der Waals surface area contributed by atoms with Gasteiger partial charge in [-0.25, -0.2) is 0 Å². The van der Waals surface area contributed by atoms with Crippen LogP contribution in [0.4, 0.5) is 13.2 Å². The summed E-state index contributed by atoms with van der Waals surface area (Å²) in [5.74, 6) is 0. The summed E-state index contributed by atoms with van der Waals surface area (Å²) in [7, 11) is 0. The first-order valence-electron chi connectivity index (χ1n) is 4.33. The number of hydrogen-bond donors (Lipinski definition) is 1. The highest BCUT2D eigenvalue weighted by molar-refractivity contribution is 4.77. The highest BCUT2D eigenvalue weighted by Gasteiger charge is 2.25. The maximum absolute atomic E-state index is 11.7. The van der Waals surface area contributed by atoms with E-state index in [2.05, 4.69) is 10.4 Å². The molecule has 80 valence electrons. The van der Waals surface area contributed by atoms with Gasteiger partial charge in [0.15, 0.2) is 0 Å². The summed E-state index contributed by atoms with van der Waals surface area (Å²) in [5.41, 5.74) is 0. The van der Waals surface area contributed by atoms with E-state index in [1.807, 2.05) is 0 Å². The number of aromatic nitrogens is 2. The third-order valence-corrected chi connectivity index (χ3v) is 1.63. The molecule has 14 heavy (non-hydrogen) atoms. The Morgan fingerprint density at radius 1 is 1.36 bits per heavy atom. The molecular formula is C8H12F3N3. The fourth-order valence-electron chi connectivity index (χ4n) is 1.03. The van der Waals surface area contributed by atoms with Crippen LogP contribution in [0, 0.1) is 0 Å². The van der Waals surface area contributed by atoms with Gasteiger partial charge < -0.3 is 5.32 Å². The summed E-state index contributed by atoms with van der Waals surface area (Å²) in [6.45, 7) is 0.0589. The van der Waals surface area contributed by atoms with Crippen LogP contribution in [0.3, 0.4) is 0 Å². The largest absolute Gasteiger partial charge is 0.401 e. The molecule has 3 nitrogen and oxygen atoms in total. The van der Waals surface area contributed by atoms with E-state index in [0.29, 0.717) is 19.5 Å². The first-order chi connectivity index (χ1) is 6.58. The first-order valence-corrected chi connectivity index (χ1v) is 4.33. The van der Waals surface area contributed by atoms with Crippen molar-refractivity contribution in [3.63, 3.8) is 0 Å². The molecule has 0 radical (unpaired) electrons. The Morgan fingerprint density at radius 3 is 2.71 bits per heavy atom. The van der Waals surface area contributed by atoms with Crippen molar-refractivity contribution < 1.29 is 13.2 Å². The normalized spacial score (nSPS) is 11.9. The van der Waals surface area contributed by atoms with Crippen molar-refractivity contribution in [3.05, 3.63) is 18.5 Å². The number of rotatable bonds is 5. The standard InChI is InChI=1S/C8H12F3N3/c9-8(10,11)7-12-3-1-5-14-6-2-4-13-14/h2,4,6,12H,1,3,5,7H2. The minimum atomic E-state index is -4.12. The van der Waals surface area contributed by atoms with Gasteiger partial charge in [0, 0.05) is 18.9 Å². The number of halogens is 3. The summed E-state index contributed by atoms with van der Waals surface area (Å²) in [5, 5.41) is 6.25. The summed E-state index contributed by atoms with van der Waals surface area (Å²) in [6, 6.07) is 1.78. The van der Waals surface area contributed by atoms with Crippen LogP contribution in [0.5, 0.6) is 0 Å². The number of nitrogens with zero attached hydrogens (tertiary/aromatic N) is 2. The van der Waals surface area contributed by atoms with Crippen molar-refractivity contribution in [2.75, 3.05) is 13.1 Å². The molecule has 0 fully saturated rings. The molecule has 1 aromatic heterocycles. The van der Waals surface area contributed by atoms with Crippen molar-refractivity contribution in [1.82, 2.24) is 15.1 Å². The maximum atomic E-state index is 11.7. The Labute approximate surface area is 79.9 Å². The SMILES string of the molecule is FC(F)(F)CNCCCn1cccn1. The van der Waals surface area contributed by atoms with Crippen molar-refractivity contribution in [3.8, 4) is 0 Å². The van der Waals surface area contributed by atoms with E-state index >= 15 is 0 Å². The number of nitrogens with one attached hydrogen (secondary N) is 1. The summed E-state index contributed by atoms with van der Waals surface area (Å²) < 4.78 is 36.7. The predicted molar refractivity (Wildman–Crippen MR) is 45.8 cm³/mol. The monoisotopic (exact) mass is 207 g/mol. The van der Waals surface area contributed by atoms with Crippen LogP contribution < -0.4 is 5.32 Å². The molecule has 0 spiro atoms. The highest BCUT2D eigenvalue weighted by Crippen LogP contribution is 2.11. The summed E-state index contributed by atoms with van der Waals surface area (Å²) >= 11 is 0. The lowest BCUT2D eigenvalue weighted by molar-refractivity contribution is -0.124. The van der Waals surface area contributed by atoms with Gasteiger partial charge in [0.25, 0.3) is 0 Å². The van der Waals surface area contributed by atoms with Gasteiger partial charge in [-0.05, 0) is 19.0 Å². The minimum absolute atomic E-state index is 0.347. The van der Waals surface area contributed by atoms with Gasteiger partial charge in [0.05, 0.1) is 6.54 Å². The zero-order valence-electron chi connectivity index (χ0n) is 7.59. The lowest BCUT2D eigenvalue weighted by atomic mass is 10.4. The van der Waals surface area contributed by atoms with Crippen LogP contribution in [0.15, 0.2) is 18.5 Å². The van der Waals surface area contributed by atoms with E-state index in [4.69, 9.17) is 0 Å². The second kappa shape index (κ2) is 4.99. The molecule has 1 heterocycles. The summed E-state index contributed by atoms with van der Waals surface area (Å²) in [6.07, 6.45) is -0.0592. The van der Waals surface area contributed by atoms with E-state index in [1.54, 1.807) is 23.1 Å². The van der Waals surface area contributed by atoms with E-state index in [9.17, 15) is 13.2 Å². The molecule has 1 N–H and O–H groups in total. The Bertz CT molecular complexity index is 243. The van der Waals surface area contributed by atoms with Crippen LogP contribution in [-0.4, -0.2) is 29.0 Å². The lowest BCUT2D eigenvalue weighted by Gasteiger charge is -2.07. The van der Waals surface area contributed by atoms with Crippen molar-refractivity contribution in [1.29, 1.82) is 0 Å². The van der Waals surface area contributed by atoms with Crippen LogP contribution in [-0.2, 0) is 6.54 Å². The van der Waals surface area contributed by atoms with Crippen molar-refractivity contribution in [2.24, 2.45) is 0 Å². The Morgan fingerprint density at radius 2 is 2.14 bits per heavy atom. The van der Waals surface area contributed by atoms with Gasteiger partial charge in [0.1, 0.15) is 0 Å². The Balaban J connectivity index is 2.00. The molecular weight excluding hydrogens is 195 g/mol. The topological polar surface area (TPSA) is 29.9 Å². The van der Waals surface area contributed by atoms with Gasteiger partial charge in [-0.15, -0.1) is 0 Å². The third-order valence-electron chi connectivity index (χ3n) is 1.63. The smallest absolute Gasteiger partial charge is 0.309 e. The Kier molecular flexibility index (Phi) is 3.94. The number of aryl methyl sites for hydroxylation is 1. The zero-order valence-corrected chi connectivity index (χ0v) is 7.59. The molecule has 0 saturated heterocycles. The van der Waals surface area contributed by atoms with Gasteiger partial charge >= 0.3 is 6.18 Å². The van der Waals surface area contributed by atoms with Gasteiger partial charge in [0.2, 0.25) is 0 Å². The second-order valence-electron chi connectivity index (χ2n) is 2.91. The molecule has 6 heteroatoms. The second-order valence-corrected chi connectivity index (χ2v) is 2.91. The van der Waals surface area contributed by atoms with Crippen molar-refractivity contribution in [2.45, 2.75) is 19.1 Å². The van der Waals surface area contributed by atoms with Crippen LogP contribution in [0.1, 0.15) is 6.42 Å². The molecule has 0 aliphatic carbocycles. The third kappa shape index (κ3) is 4.86. The molecule has 0 saturated carbocycles. The molecule has 0 aromatic carbocycles. The number of hydrogen-bond acceptors (Lipinski definition) is 2. The zero-order chi connectivity index (χ0) is 10.4. The van der Waals surface area contributed by atoms with Gasteiger partial charge in [-0.1, -0.05) is 0 Å². The highest BCUT2D eigenvalue weighted by atomic mass is 19.4. The average Bonchev–Trinajstić information content (AvgIpc) is 2.54. The molecule has 0 bridgehead atoms. The van der Waals surface area contributed by atoms with Gasteiger partial charge in [-0.2, -0.15) is 18.3 Å². The maximum Gasteiger partial charge on any atom is 0.401 e. The van der Waals surface area contributed by atoms with E-state index in [1.165, 1.54) is 0 Å². The van der Waals surface area contributed by atoms with Crippen LogP contribution >= 0.6 is 0 Å². The Hall–Kier alpha value is -1.04. The van der Waals surface area contributed by atoms with Crippen LogP contribution in [0.25, 0.3) is 0 Å². The van der Waals surface area contributed by atoms with E-state index < -0.39 is 12.7 Å². The van der Waals surface area contributed by atoms with Crippen LogP contribution in [0.2, 0.25) is 0 Å². The molecule has 1 rings (SSSR count). The number of alkyl halides is 3. The minimum Gasteiger partial charge on any atom is -0.309 e. The first kappa shape index (κ1) is 11.0. The molecule has 0 aliphatic rings. The molecule has 0 aliphatic heterocycles.